The van der Waals surface area contributed by atoms with Gasteiger partial charge >= 0.3 is 0 Å². The number of aromatic nitrogens is 3. The summed E-state index contributed by atoms with van der Waals surface area (Å²) < 4.78 is 42.1. The molecule has 220 valence electrons. The van der Waals surface area contributed by atoms with Crippen molar-refractivity contribution in [3.05, 3.63) is 114 Å². The van der Waals surface area contributed by atoms with E-state index in [0.29, 0.717) is 38.9 Å². The number of rotatable bonds is 9. The fourth-order valence-corrected chi connectivity index (χ4v) is 6.12. The molecule has 0 aliphatic rings. The molecule has 12 heteroatoms. The monoisotopic (exact) mass is 624 g/mol. The number of aryl methyl sites for hydroxylation is 2. The van der Waals surface area contributed by atoms with Crippen molar-refractivity contribution in [2.24, 2.45) is 0 Å². The number of nitrogens with one attached hydrogen (secondary N) is 2. The van der Waals surface area contributed by atoms with Crippen LogP contribution < -0.4 is 10.0 Å². The fraction of sp³-hybridized carbons (Fsp3) is 0.0938. The number of halogens is 1. The highest BCUT2D eigenvalue weighted by atomic mass is 32.2. The van der Waals surface area contributed by atoms with Crippen LogP contribution in [0.5, 0.6) is 0 Å². The highest BCUT2D eigenvalue weighted by Crippen LogP contribution is 2.34. The van der Waals surface area contributed by atoms with Crippen LogP contribution >= 0.6 is 11.8 Å². The Hall–Kier alpha value is -5.12. The van der Waals surface area contributed by atoms with Crippen molar-refractivity contribution in [2.45, 2.75) is 23.8 Å². The summed E-state index contributed by atoms with van der Waals surface area (Å²) in [6.07, 6.45) is 0. The first-order valence-corrected chi connectivity index (χ1v) is 15.7. The number of hydrogen-bond acceptors (Lipinski definition) is 8. The fourth-order valence-electron chi connectivity index (χ4n) is 4.37. The number of thioether (sulfide) groups is 1. The second kappa shape index (κ2) is 13.0. The molecule has 5 rings (SSSR count). The zero-order valence-corrected chi connectivity index (χ0v) is 25.2. The third-order valence-electron chi connectivity index (χ3n) is 6.30. The smallest absolute Gasteiger partial charge is 0.264 e. The normalized spacial score (nSPS) is 11.0. The van der Waals surface area contributed by atoms with Gasteiger partial charge in [0.25, 0.3) is 10.0 Å². The molecule has 0 aliphatic carbocycles. The lowest BCUT2D eigenvalue weighted by atomic mass is 9.99. The number of pyridine rings is 1. The molecule has 3 aromatic carbocycles. The molecule has 0 spiro atoms. The number of anilines is 2. The Balaban J connectivity index is 1.33. The first kappa shape index (κ1) is 30.3. The van der Waals surface area contributed by atoms with Crippen molar-refractivity contribution >= 4 is 39.3 Å². The van der Waals surface area contributed by atoms with E-state index in [2.05, 4.69) is 31.1 Å². The molecule has 0 saturated carbocycles. The molecule has 5 aromatic rings. The summed E-state index contributed by atoms with van der Waals surface area (Å²) in [4.78, 5) is 25.7. The molecule has 2 aromatic heterocycles. The van der Waals surface area contributed by atoms with E-state index in [1.165, 1.54) is 36.4 Å². The summed E-state index contributed by atoms with van der Waals surface area (Å²) in [6.45, 7) is 3.48. The van der Waals surface area contributed by atoms with Crippen LogP contribution in [0.15, 0.2) is 101 Å². The van der Waals surface area contributed by atoms with Gasteiger partial charge in [0.1, 0.15) is 16.9 Å². The third kappa shape index (κ3) is 7.26. The molecule has 0 fully saturated rings. The van der Waals surface area contributed by atoms with E-state index in [9.17, 15) is 22.9 Å². The van der Waals surface area contributed by atoms with Gasteiger partial charge in [0, 0.05) is 28.2 Å². The van der Waals surface area contributed by atoms with Gasteiger partial charge in [0.2, 0.25) is 11.9 Å². The van der Waals surface area contributed by atoms with Gasteiger partial charge in [0.05, 0.1) is 21.9 Å². The summed E-state index contributed by atoms with van der Waals surface area (Å²) in [7, 11) is -3.96. The van der Waals surface area contributed by atoms with E-state index < -0.39 is 21.7 Å². The first-order chi connectivity index (χ1) is 21.1. The molecule has 1 amide bonds. The Kier molecular flexibility index (Phi) is 8.99. The van der Waals surface area contributed by atoms with Crippen LogP contribution in [0.1, 0.15) is 17.0 Å². The van der Waals surface area contributed by atoms with Gasteiger partial charge < -0.3 is 5.32 Å². The van der Waals surface area contributed by atoms with Crippen LogP contribution in [0.25, 0.3) is 22.4 Å². The van der Waals surface area contributed by atoms with E-state index in [-0.39, 0.29) is 22.2 Å². The van der Waals surface area contributed by atoms with Gasteiger partial charge in [-0.3, -0.25) is 4.79 Å². The number of nitrogens with zero attached hydrogens (tertiary/aromatic N) is 4. The predicted molar refractivity (Wildman–Crippen MR) is 168 cm³/mol. The highest BCUT2D eigenvalue weighted by molar-refractivity contribution is 8.00. The van der Waals surface area contributed by atoms with Gasteiger partial charge in [0.15, 0.2) is 0 Å². The summed E-state index contributed by atoms with van der Waals surface area (Å²) in [5.74, 6) is -0.949. The van der Waals surface area contributed by atoms with E-state index in [0.717, 1.165) is 17.3 Å². The molecule has 0 aliphatic heterocycles. The molecule has 0 bridgehead atoms. The molecular formula is C32H25FN6O3S2. The maximum atomic E-state index is 14.1. The van der Waals surface area contributed by atoms with Crippen molar-refractivity contribution in [1.29, 1.82) is 5.26 Å². The minimum Gasteiger partial charge on any atom is -0.325 e. The largest absolute Gasteiger partial charge is 0.325 e. The Labute approximate surface area is 258 Å². The zero-order valence-electron chi connectivity index (χ0n) is 23.6. The maximum absolute atomic E-state index is 14.1. The van der Waals surface area contributed by atoms with E-state index in [1.807, 2.05) is 30.3 Å². The number of hydrogen-bond donors (Lipinski definition) is 2. The Bertz CT molecular complexity index is 1980. The number of nitriles is 1. The van der Waals surface area contributed by atoms with Gasteiger partial charge in [-0.15, -0.1) is 0 Å². The van der Waals surface area contributed by atoms with Crippen LogP contribution in [0.3, 0.4) is 0 Å². The Morgan fingerprint density at radius 3 is 2.23 bits per heavy atom. The Morgan fingerprint density at radius 1 is 0.886 bits per heavy atom. The van der Waals surface area contributed by atoms with Gasteiger partial charge in [-0.25, -0.2) is 32.5 Å². The third-order valence-corrected chi connectivity index (χ3v) is 8.62. The quantitative estimate of drug-likeness (QED) is 0.181. The lowest BCUT2D eigenvalue weighted by Crippen LogP contribution is -2.16. The molecule has 0 saturated heterocycles. The second-order valence-electron chi connectivity index (χ2n) is 9.66. The lowest BCUT2D eigenvalue weighted by Gasteiger charge is -2.13. The van der Waals surface area contributed by atoms with Crippen molar-refractivity contribution in [1.82, 2.24) is 15.0 Å². The van der Waals surface area contributed by atoms with Crippen LogP contribution in [0, 0.1) is 31.0 Å². The maximum Gasteiger partial charge on any atom is 0.264 e. The summed E-state index contributed by atoms with van der Waals surface area (Å²) >= 11 is 1.07. The molecule has 2 N–H and O–H groups in total. The summed E-state index contributed by atoms with van der Waals surface area (Å²) in [5.41, 5.74) is 4.24. The number of sulfonamides is 1. The first-order valence-electron chi connectivity index (χ1n) is 13.3. The average molecular weight is 625 g/mol. The number of carbonyl (C=O) groups is 1. The molecule has 0 unspecified atom stereocenters. The van der Waals surface area contributed by atoms with E-state index in [4.69, 9.17) is 0 Å². The van der Waals surface area contributed by atoms with Crippen LogP contribution in [-0.2, 0) is 14.8 Å². The standard InChI is InChI=1S/C32H25FN6O3S2/c1-20-15-21(2)36-32(35-20)39-44(41,42)26-13-11-25(12-14-26)37-30(40)19-43-31-28(18-34)27(23-9-6-10-24(33)16-23)17-29(38-31)22-7-4-3-5-8-22/h3-17H,19H2,1-2H3,(H,37,40)(H,35,36,39). The number of benzene rings is 3. The van der Waals surface area contributed by atoms with Crippen molar-refractivity contribution < 1.29 is 17.6 Å². The average Bonchev–Trinajstić information content (AvgIpc) is 2.99. The molecular weight excluding hydrogens is 600 g/mol. The van der Waals surface area contributed by atoms with Gasteiger partial charge in [-0.05, 0) is 67.9 Å². The summed E-state index contributed by atoms with van der Waals surface area (Å²) in [5, 5.41) is 13.1. The van der Waals surface area contributed by atoms with Crippen LogP contribution in [0.4, 0.5) is 16.0 Å². The summed E-state index contributed by atoms with van der Waals surface area (Å²) in [6, 6.07) is 26.6. The SMILES string of the molecule is Cc1cc(C)nc(NS(=O)(=O)c2ccc(NC(=O)CSc3nc(-c4ccccc4)cc(-c4cccc(F)c4)c3C#N)cc2)n1. The lowest BCUT2D eigenvalue weighted by molar-refractivity contribution is -0.113. The number of carbonyl (C=O) groups excluding carboxylic acids is 1. The van der Waals surface area contributed by atoms with Crippen LogP contribution in [-0.4, -0.2) is 35.0 Å². The van der Waals surface area contributed by atoms with Crippen LogP contribution in [0.2, 0.25) is 0 Å². The zero-order chi connectivity index (χ0) is 31.3. The topological polar surface area (TPSA) is 138 Å². The number of amides is 1. The second-order valence-corrected chi connectivity index (χ2v) is 12.3. The van der Waals surface area contributed by atoms with Gasteiger partial charge in [-0.2, -0.15) is 5.26 Å². The highest BCUT2D eigenvalue weighted by Gasteiger charge is 2.19. The molecule has 0 radical (unpaired) electrons. The molecule has 9 nitrogen and oxygen atoms in total. The van der Waals surface area contributed by atoms with E-state index in [1.54, 1.807) is 38.1 Å². The van der Waals surface area contributed by atoms with E-state index >= 15 is 0 Å². The molecule has 2 heterocycles. The molecule has 44 heavy (non-hydrogen) atoms. The van der Waals surface area contributed by atoms with Crippen molar-refractivity contribution in [3.8, 4) is 28.5 Å². The minimum absolute atomic E-state index is 0.0286. The van der Waals surface area contributed by atoms with Crippen molar-refractivity contribution in [3.63, 3.8) is 0 Å². The Morgan fingerprint density at radius 2 is 1.57 bits per heavy atom. The predicted octanol–water partition coefficient (Wildman–Crippen LogP) is 6.36. The van der Waals surface area contributed by atoms with Gasteiger partial charge in [-0.1, -0.05) is 54.2 Å². The minimum atomic E-state index is -3.96. The van der Waals surface area contributed by atoms with Crippen molar-refractivity contribution in [2.75, 3.05) is 15.8 Å². The molecule has 0 atom stereocenters.